The number of amides is 1. The molecule has 1 aliphatic heterocycles. The van der Waals surface area contributed by atoms with Crippen molar-refractivity contribution in [2.45, 2.75) is 17.8 Å². The summed E-state index contributed by atoms with van der Waals surface area (Å²) in [5.41, 5.74) is 0.414. The standard InChI is InChI=1S/C21H18ClFN4O3S/c1-2-9-27-20(18-11-29-16-5-3-4-6-17(16)30-18)25-26-21(27)31-12-19(28)24-13-7-8-15(23)14(22)10-13/h2-8,10,18H,1,9,11-12H2,(H,24,28). The van der Waals surface area contributed by atoms with Gasteiger partial charge in [-0.2, -0.15) is 0 Å². The Balaban J connectivity index is 1.44. The van der Waals surface area contributed by atoms with Crippen LogP contribution in [-0.2, 0) is 11.3 Å². The Morgan fingerprint density at radius 1 is 1.32 bits per heavy atom. The predicted octanol–water partition coefficient (Wildman–Crippen LogP) is 4.50. The lowest BCUT2D eigenvalue weighted by Gasteiger charge is -2.26. The first-order chi connectivity index (χ1) is 15.0. The molecule has 0 saturated carbocycles. The Morgan fingerprint density at radius 3 is 2.90 bits per heavy atom. The molecule has 2 heterocycles. The number of thioether (sulfide) groups is 1. The number of nitrogens with zero attached hydrogens (tertiary/aromatic N) is 3. The van der Waals surface area contributed by atoms with E-state index in [4.69, 9.17) is 21.1 Å². The third kappa shape index (κ3) is 4.83. The van der Waals surface area contributed by atoms with Crippen molar-refractivity contribution in [2.75, 3.05) is 17.7 Å². The van der Waals surface area contributed by atoms with E-state index in [1.165, 1.54) is 30.0 Å². The third-order valence-corrected chi connectivity index (χ3v) is 5.65. The molecule has 0 radical (unpaired) electrons. The van der Waals surface area contributed by atoms with Crippen molar-refractivity contribution in [3.05, 3.63) is 71.8 Å². The monoisotopic (exact) mass is 460 g/mol. The van der Waals surface area contributed by atoms with Crippen LogP contribution < -0.4 is 14.8 Å². The fraction of sp³-hybridized carbons (Fsp3) is 0.190. The van der Waals surface area contributed by atoms with Crippen molar-refractivity contribution in [2.24, 2.45) is 0 Å². The number of rotatable bonds is 7. The molecule has 1 N–H and O–H groups in total. The number of ether oxygens (including phenoxy) is 2. The van der Waals surface area contributed by atoms with E-state index in [9.17, 15) is 9.18 Å². The van der Waals surface area contributed by atoms with Crippen molar-refractivity contribution in [3.8, 4) is 11.5 Å². The van der Waals surface area contributed by atoms with Crippen LogP contribution in [0.25, 0.3) is 0 Å². The molecular weight excluding hydrogens is 443 g/mol. The van der Waals surface area contributed by atoms with Crippen LogP contribution in [0.3, 0.4) is 0 Å². The van der Waals surface area contributed by atoms with Gasteiger partial charge in [0.1, 0.15) is 12.4 Å². The number of aromatic nitrogens is 3. The summed E-state index contributed by atoms with van der Waals surface area (Å²) in [4.78, 5) is 12.3. The lowest BCUT2D eigenvalue weighted by atomic mass is 10.2. The second-order valence-corrected chi connectivity index (χ2v) is 7.92. The summed E-state index contributed by atoms with van der Waals surface area (Å²) in [7, 11) is 0. The average molecular weight is 461 g/mol. The van der Waals surface area contributed by atoms with Gasteiger partial charge in [-0.3, -0.25) is 9.36 Å². The van der Waals surface area contributed by atoms with E-state index in [0.29, 0.717) is 41.3 Å². The number of nitrogens with one attached hydrogen (secondary N) is 1. The van der Waals surface area contributed by atoms with Gasteiger partial charge in [0.2, 0.25) is 5.91 Å². The van der Waals surface area contributed by atoms with Crippen LogP contribution in [-0.4, -0.2) is 33.0 Å². The van der Waals surface area contributed by atoms with Gasteiger partial charge in [-0.15, -0.1) is 16.8 Å². The summed E-state index contributed by atoms with van der Waals surface area (Å²) in [5.74, 6) is 1.15. The van der Waals surface area contributed by atoms with Crippen molar-refractivity contribution in [3.63, 3.8) is 0 Å². The Bertz CT molecular complexity index is 1120. The molecule has 0 bridgehead atoms. The maximum Gasteiger partial charge on any atom is 0.234 e. The van der Waals surface area contributed by atoms with Crippen molar-refractivity contribution in [1.82, 2.24) is 14.8 Å². The molecule has 0 fully saturated rings. The van der Waals surface area contributed by atoms with E-state index in [2.05, 4.69) is 22.1 Å². The van der Waals surface area contributed by atoms with Crippen LogP contribution in [0.1, 0.15) is 11.9 Å². The first-order valence-electron chi connectivity index (χ1n) is 9.35. The lowest BCUT2D eigenvalue weighted by Crippen LogP contribution is -2.25. The van der Waals surface area contributed by atoms with Crippen LogP contribution >= 0.6 is 23.4 Å². The summed E-state index contributed by atoms with van der Waals surface area (Å²) in [6.07, 6.45) is 1.28. The molecule has 160 valence electrons. The number of hydrogen-bond donors (Lipinski definition) is 1. The lowest BCUT2D eigenvalue weighted by molar-refractivity contribution is -0.113. The maximum absolute atomic E-state index is 13.3. The number of benzene rings is 2. The minimum atomic E-state index is -0.546. The number of carbonyl (C=O) groups excluding carboxylic acids is 1. The van der Waals surface area contributed by atoms with Gasteiger partial charge in [-0.05, 0) is 30.3 Å². The summed E-state index contributed by atoms with van der Waals surface area (Å²) >= 11 is 6.97. The zero-order chi connectivity index (χ0) is 21.8. The van der Waals surface area contributed by atoms with Gasteiger partial charge in [0, 0.05) is 12.2 Å². The SMILES string of the molecule is C=CCn1c(SCC(=O)Nc2ccc(F)c(Cl)c2)nnc1C1COc2ccccc2O1. The molecule has 10 heteroatoms. The van der Waals surface area contributed by atoms with E-state index in [0.717, 1.165) is 0 Å². The zero-order valence-corrected chi connectivity index (χ0v) is 17.8. The molecule has 1 aliphatic rings. The molecule has 0 spiro atoms. The van der Waals surface area contributed by atoms with Gasteiger partial charge < -0.3 is 14.8 Å². The molecule has 1 amide bonds. The molecule has 4 rings (SSSR count). The maximum atomic E-state index is 13.3. The largest absolute Gasteiger partial charge is 0.485 e. The Hall–Kier alpha value is -3.04. The summed E-state index contributed by atoms with van der Waals surface area (Å²) in [5, 5.41) is 11.6. The number of hydrogen-bond acceptors (Lipinski definition) is 6. The minimum Gasteiger partial charge on any atom is -0.485 e. The third-order valence-electron chi connectivity index (χ3n) is 4.39. The van der Waals surface area contributed by atoms with Crippen molar-refractivity contribution < 1.29 is 18.7 Å². The Kier molecular flexibility index (Phi) is 6.43. The molecule has 0 aliphatic carbocycles. The summed E-state index contributed by atoms with van der Waals surface area (Å²) < 4.78 is 26.9. The van der Waals surface area contributed by atoms with Gasteiger partial charge in [0.05, 0.1) is 10.8 Å². The first-order valence-corrected chi connectivity index (χ1v) is 10.7. The van der Waals surface area contributed by atoms with Crippen LogP contribution in [0.5, 0.6) is 11.5 Å². The Labute approximate surface area is 187 Å². The second kappa shape index (κ2) is 9.40. The molecule has 1 aromatic heterocycles. The number of anilines is 1. The van der Waals surface area contributed by atoms with E-state index in [1.54, 1.807) is 6.08 Å². The van der Waals surface area contributed by atoms with Crippen LogP contribution in [0.4, 0.5) is 10.1 Å². The van der Waals surface area contributed by atoms with E-state index in [-0.39, 0.29) is 16.7 Å². The number of fused-ring (bicyclic) bond motifs is 1. The van der Waals surface area contributed by atoms with E-state index in [1.807, 2.05) is 28.8 Å². The fourth-order valence-electron chi connectivity index (χ4n) is 2.99. The quantitative estimate of drug-likeness (QED) is 0.413. The van der Waals surface area contributed by atoms with Crippen molar-refractivity contribution in [1.29, 1.82) is 0 Å². The molecule has 1 atom stereocenters. The number of para-hydroxylation sites is 2. The highest BCUT2D eigenvalue weighted by molar-refractivity contribution is 7.99. The fourth-order valence-corrected chi connectivity index (χ4v) is 3.93. The minimum absolute atomic E-state index is 0.0582. The molecular formula is C21H18ClFN4O3S. The number of allylic oxidation sites excluding steroid dienone is 1. The topological polar surface area (TPSA) is 78.3 Å². The van der Waals surface area contributed by atoms with E-state index < -0.39 is 11.9 Å². The zero-order valence-electron chi connectivity index (χ0n) is 16.3. The molecule has 0 saturated heterocycles. The van der Waals surface area contributed by atoms with Crippen LogP contribution in [0.2, 0.25) is 5.02 Å². The van der Waals surface area contributed by atoms with Gasteiger partial charge >= 0.3 is 0 Å². The molecule has 3 aromatic rings. The molecule has 31 heavy (non-hydrogen) atoms. The average Bonchev–Trinajstić information content (AvgIpc) is 3.17. The van der Waals surface area contributed by atoms with Gasteiger partial charge in [-0.1, -0.05) is 41.6 Å². The highest BCUT2D eigenvalue weighted by Gasteiger charge is 2.28. The summed E-state index contributed by atoms with van der Waals surface area (Å²) in [6.45, 7) is 4.53. The normalized spacial score (nSPS) is 14.8. The molecule has 7 nitrogen and oxygen atoms in total. The molecule has 2 aromatic carbocycles. The number of halogens is 2. The van der Waals surface area contributed by atoms with Crippen LogP contribution in [0.15, 0.2) is 60.3 Å². The van der Waals surface area contributed by atoms with Gasteiger partial charge in [-0.25, -0.2) is 4.39 Å². The van der Waals surface area contributed by atoms with Gasteiger partial charge in [0.25, 0.3) is 0 Å². The first kappa shape index (κ1) is 21.2. The van der Waals surface area contributed by atoms with Crippen LogP contribution in [0, 0.1) is 5.82 Å². The Morgan fingerprint density at radius 2 is 2.13 bits per heavy atom. The highest BCUT2D eigenvalue weighted by atomic mass is 35.5. The van der Waals surface area contributed by atoms with Gasteiger partial charge in [0.15, 0.2) is 28.6 Å². The number of carbonyl (C=O) groups is 1. The van der Waals surface area contributed by atoms with Crippen molar-refractivity contribution >= 4 is 35.0 Å². The van der Waals surface area contributed by atoms with E-state index >= 15 is 0 Å². The second-order valence-electron chi connectivity index (χ2n) is 6.57. The highest BCUT2D eigenvalue weighted by Crippen LogP contribution is 2.36. The molecule has 1 unspecified atom stereocenters. The smallest absolute Gasteiger partial charge is 0.234 e. The summed E-state index contributed by atoms with van der Waals surface area (Å²) in [6, 6.07) is 11.4. The predicted molar refractivity (Wildman–Crippen MR) is 116 cm³/mol.